The van der Waals surface area contributed by atoms with Crippen LogP contribution in [0.5, 0.6) is 5.88 Å². The number of hydrogen-bond donors (Lipinski definition) is 0. The van der Waals surface area contributed by atoms with Crippen LogP contribution in [0.1, 0.15) is 40.0 Å². The average molecular weight is 384 g/mol. The van der Waals surface area contributed by atoms with E-state index < -0.39 is 13.0 Å². The van der Waals surface area contributed by atoms with Crippen molar-refractivity contribution in [1.29, 1.82) is 0 Å². The first-order valence-electron chi connectivity index (χ1n) is 7.99. The maximum atomic E-state index is 12.3. The van der Waals surface area contributed by atoms with Gasteiger partial charge < -0.3 is 4.74 Å². The summed E-state index contributed by atoms with van der Waals surface area (Å²) in [5, 5.41) is 0.290. The van der Waals surface area contributed by atoms with E-state index in [1.54, 1.807) is 19.2 Å². The van der Waals surface area contributed by atoms with E-state index in [0.717, 1.165) is 11.8 Å². The largest absolute Gasteiger partial charge is 0.471 e. The number of alkyl halides is 2. The summed E-state index contributed by atoms with van der Waals surface area (Å²) in [6.07, 6.45) is 1.30. The van der Waals surface area contributed by atoms with Crippen molar-refractivity contribution in [2.75, 3.05) is 13.7 Å². The average Bonchev–Trinajstić information content (AvgIpc) is 2.61. The maximum Gasteiger partial charge on any atom is 0.272 e. The summed E-state index contributed by atoms with van der Waals surface area (Å²) in [5.74, 6) is 0.197. The molecule has 2 aromatic rings. The number of ether oxygens (including phenoxy) is 1. The van der Waals surface area contributed by atoms with E-state index in [4.69, 9.17) is 16.3 Å². The molecule has 2 heterocycles. The summed E-state index contributed by atoms with van der Waals surface area (Å²) in [5.41, 5.74) is 2.72. The molecule has 0 aliphatic heterocycles. The molecule has 0 aromatic carbocycles. The fourth-order valence-corrected chi connectivity index (χ4v) is 2.72. The van der Waals surface area contributed by atoms with Crippen LogP contribution in [0.4, 0.5) is 8.78 Å². The van der Waals surface area contributed by atoms with Crippen LogP contribution in [0.2, 0.25) is 5.15 Å². The molecule has 2 rings (SSSR count). The molecule has 0 bridgehead atoms. The van der Waals surface area contributed by atoms with Crippen LogP contribution in [-0.2, 0) is 6.54 Å². The van der Waals surface area contributed by atoms with Crippen LogP contribution < -0.4 is 4.74 Å². The highest BCUT2D eigenvalue weighted by Gasteiger charge is 2.18. The molecule has 0 saturated carbocycles. The molecule has 0 fully saturated rings. The molecule has 1 atom stereocenters. The summed E-state index contributed by atoms with van der Waals surface area (Å²) in [6, 6.07) is 3.41. The van der Waals surface area contributed by atoms with Crippen molar-refractivity contribution in [3.8, 4) is 5.88 Å². The molecule has 0 radical (unpaired) electrons. The third-order valence-corrected chi connectivity index (χ3v) is 4.44. The van der Waals surface area contributed by atoms with Crippen molar-refractivity contribution in [3.05, 3.63) is 51.9 Å². The van der Waals surface area contributed by atoms with E-state index in [9.17, 15) is 13.6 Å². The predicted octanol–water partition coefficient (Wildman–Crippen LogP) is 4.09. The first-order valence-corrected chi connectivity index (χ1v) is 8.37. The zero-order chi connectivity index (χ0) is 19.3. The van der Waals surface area contributed by atoms with E-state index in [1.165, 1.54) is 6.20 Å². The molecule has 0 amide bonds. The molecule has 0 spiro atoms. The van der Waals surface area contributed by atoms with Gasteiger partial charge in [-0.1, -0.05) is 11.6 Å². The van der Waals surface area contributed by atoms with Gasteiger partial charge in [-0.2, -0.15) is 0 Å². The van der Waals surface area contributed by atoms with Crippen LogP contribution in [0.15, 0.2) is 24.5 Å². The Bertz CT molecular complexity index is 774. The summed E-state index contributed by atoms with van der Waals surface area (Å²) in [7, 11) is 1.89. The van der Waals surface area contributed by atoms with Gasteiger partial charge in [0.15, 0.2) is 12.9 Å². The smallest absolute Gasteiger partial charge is 0.272 e. The lowest BCUT2D eigenvalue weighted by Crippen LogP contribution is -2.23. The van der Waals surface area contributed by atoms with Gasteiger partial charge in [0, 0.05) is 41.7 Å². The van der Waals surface area contributed by atoms with Gasteiger partial charge in [-0.15, -0.1) is 0 Å². The number of aryl methyl sites for hydroxylation is 1. The van der Waals surface area contributed by atoms with Crippen LogP contribution in [0.3, 0.4) is 0 Å². The third kappa shape index (κ3) is 4.95. The standard InChI is InChI=1S/C18H20ClF2N3O2/c1-11-6-14(7-23-18(11)26-10-16(20)21)12(2)24(3)8-15-13(9-25)4-5-22-17(15)19/h4-7,9,12,16H,8,10H2,1-3H3. The van der Waals surface area contributed by atoms with Gasteiger partial charge in [0.1, 0.15) is 5.15 Å². The highest BCUT2D eigenvalue weighted by atomic mass is 35.5. The number of rotatable bonds is 8. The molecule has 1 unspecified atom stereocenters. The van der Waals surface area contributed by atoms with Crippen molar-refractivity contribution in [2.24, 2.45) is 0 Å². The topological polar surface area (TPSA) is 55.3 Å². The third-order valence-electron chi connectivity index (χ3n) is 4.11. The molecule has 5 nitrogen and oxygen atoms in total. The second kappa shape index (κ2) is 9.00. The zero-order valence-corrected chi connectivity index (χ0v) is 15.5. The second-order valence-electron chi connectivity index (χ2n) is 5.97. The quantitative estimate of drug-likeness (QED) is 0.507. The molecular formula is C18H20ClF2N3O2. The Kier molecular flexibility index (Phi) is 6.99. The highest BCUT2D eigenvalue weighted by molar-refractivity contribution is 6.30. The van der Waals surface area contributed by atoms with Gasteiger partial charge in [-0.25, -0.2) is 18.7 Å². The van der Waals surface area contributed by atoms with E-state index >= 15 is 0 Å². The molecule has 2 aromatic heterocycles. The highest BCUT2D eigenvalue weighted by Crippen LogP contribution is 2.26. The molecule has 0 saturated heterocycles. The van der Waals surface area contributed by atoms with Gasteiger partial charge >= 0.3 is 0 Å². The SMILES string of the molecule is Cc1cc(C(C)N(C)Cc2c(C=O)ccnc2Cl)cnc1OCC(F)F. The van der Waals surface area contributed by atoms with Crippen LogP contribution >= 0.6 is 11.6 Å². The monoisotopic (exact) mass is 383 g/mol. The van der Waals surface area contributed by atoms with Crippen molar-refractivity contribution < 1.29 is 18.3 Å². The lowest BCUT2D eigenvalue weighted by Gasteiger charge is -2.26. The Morgan fingerprint density at radius 1 is 1.38 bits per heavy atom. The van der Waals surface area contributed by atoms with E-state index in [0.29, 0.717) is 28.4 Å². The number of aldehydes is 1. The fraction of sp³-hybridized carbons (Fsp3) is 0.389. The molecular weight excluding hydrogens is 364 g/mol. The Hall–Kier alpha value is -2.12. The molecule has 0 aliphatic carbocycles. The molecule has 0 aliphatic rings. The maximum absolute atomic E-state index is 12.3. The molecule has 0 N–H and O–H groups in total. The van der Waals surface area contributed by atoms with Crippen molar-refractivity contribution >= 4 is 17.9 Å². The van der Waals surface area contributed by atoms with Crippen molar-refractivity contribution in [1.82, 2.24) is 14.9 Å². The van der Waals surface area contributed by atoms with Gasteiger partial charge in [0.2, 0.25) is 5.88 Å². The number of carbonyl (C=O) groups is 1. The van der Waals surface area contributed by atoms with E-state index in [-0.39, 0.29) is 11.9 Å². The minimum atomic E-state index is -2.54. The normalized spacial score (nSPS) is 12.5. The van der Waals surface area contributed by atoms with Gasteiger partial charge in [0.25, 0.3) is 6.43 Å². The summed E-state index contributed by atoms with van der Waals surface area (Å²) in [6.45, 7) is 3.47. The van der Waals surface area contributed by atoms with Crippen LogP contribution in [0.25, 0.3) is 0 Å². The summed E-state index contributed by atoms with van der Waals surface area (Å²) >= 11 is 6.12. The van der Waals surface area contributed by atoms with Gasteiger partial charge in [0.05, 0.1) is 0 Å². The summed E-state index contributed by atoms with van der Waals surface area (Å²) in [4.78, 5) is 21.4. The number of aromatic nitrogens is 2. The minimum Gasteiger partial charge on any atom is -0.471 e. The lowest BCUT2D eigenvalue weighted by molar-refractivity contribution is 0.0791. The lowest BCUT2D eigenvalue weighted by atomic mass is 10.1. The first-order chi connectivity index (χ1) is 12.3. The Morgan fingerprint density at radius 2 is 2.12 bits per heavy atom. The van der Waals surface area contributed by atoms with E-state index in [2.05, 4.69) is 9.97 Å². The second-order valence-corrected chi connectivity index (χ2v) is 6.33. The Morgan fingerprint density at radius 3 is 2.73 bits per heavy atom. The number of hydrogen-bond acceptors (Lipinski definition) is 5. The summed E-state index contributed by atoms with van der Waals surface area (Å²) < 4.78 is 29.5. The van der Waals surface area contributed by atoms with Gasteiger partial charge in [-0.3, -0.25) is 9.69 Å². The molecule has 26 heavy (non-hydrogen) atoms. The number of halogens is 3. The number of carbonyl (C=O) groups excluding carboxylic acids is 1. The number of pyridine rings is 2. The first kappa shape index (κ1) is 20.2. The molecule has 8 heteroatoms. The fourth-order valence-electron chi connectivity index (χ4n) is 2.49. The Labute approximate surface area is 156 Å². The zero-order valence-electron chi connectivity index (χ0n) is 14.7. The van der Waals surface area contributed by atoms with Crippen molar-refractivity contribution in [2.45, 2.75) is 32.9 Å². The van der Waals surface area contributed by atoms with E-state index in [1.807, 2.05) is 24.9 Å². The van der Waals surface area contributed by atoms with Crippen LogP contribution in [0, 0.1) is 6.92 Å². The molecule has 140 valence electrons. The van der Waals surface area contributed by atoms with Crippen LogP contribution in [-0.4, -0.2) is 41.2 Å². The predicted molar refractivity (Wildman–Crippen MR) is 95.0 cm³/mol. The Balaban J connectivity index is 2.14. The number of nitrogens with zero attached hydrogens (tertiary/aromatic N) is 3. The van der Waals surface area contributed by atoms with Gasteiger partial charge in [-0.05, 0) is 38.6 Å². The minimum absolute atomic E-state index is 0.0545. The van der Waals surface area contributed by atoms with Crippen molar-refractivity contribution in [3.63, 3.8) is 0 Å².